The highest BCUT2D eigenvalue weighted by Gasteiger charge is 2.38. The summed E-state index contributed by atoms with van der Waals surface area (Å²) in [5, 5.41) is 0. The zero-order chi connectivity index (χ0) is 8.32. The molecule has 1 aliphatic carbocycles. The van der Waals surface area contributed by atoms with Crippen LogP contribution in [0.5, 0.6) is 0 Å². The van der Waals surface area contributed by atoms with Crippen LogP contribution < -0.4 is 10.6 Å². The maximum Gasteiger partial charge on any atom is 0.146 e. The predicted molar refractivity (Wildman–Crippen MR) is 46.4 cm³/mol. The van der Waals surface area contributed by atoms with Gasteiger partial charge in [0.05, 0.1) is 14.1 Å². The molecule has 0 unspecified atom stereocenters. The molecule has 0 aliphatic heterocycles. The van der Waals surface area contributed by atoms with Crippen LogP contribution in [0.4, 0.5) is 0 Å². The Hall–Kier alpha value is -0.0800. The second-order valence-electron chi connectivity index (χ2n) is 4.09. The van der Waals surface area contributed by atoms with Gasteiger partial charge in [-0.15, -0.1) is 0 Å². The second-order valence-corrected chi connectivity index (χ2v) is 4.09. The van der Waals surface area contributed by atoms with E-state index in [0.717, 1.165) is 6.54 Å². The van der Waals surface area contributed by atoms with Crippen LogP contribution >= 0.6 is 0 Å². The van der Waals surface area contributed by atoms with Crippen molar-refractivity contribution < 1.29 is 10.6 Å². The number of rotatable bonds is 2. The maximum atomic E-state index is 4.08. The fourth-order valence-corrected chi connectivity index (χ4v) is 2.23. The van der Waals surface area contributed by atoms with Crippen molar-refractivity contribution >= 4 is 0 Å². The van der Waals surface area contributed by atoms with E-state index in [4.69, 9.17) is 0 Å². The lowest BCUT2D eigenvalue weighted by atomic mass is 9.81. The number of hydrogen-bond donors (Lipinski definition) is 2. The van der Waals surface area contributed by atoms with Crippen LogP contribution in [-0.4, -0.2) is 26.2 Å². The molecule has 0 atom stereocenters. The van der Waals surface area contributed by atoms with Gasteiger partial charge >= 0.3 is 0 Å². The van der Waals surface area contributed by atoms with E-state index in [1.165, 1.54) is 32.1 Å². The van der Waals surface area contributed by atoms with Crippen LogP contribution in [0.15, 0.2) is 0 Å². The summed E-state index contributed by atoms with van der Waals surface area (Å²) in [7, 11) is 4.55. The summed E-state index contributed by atoms with van der Waals surface area (Å²) in [5.74, 6) is 0. The van der Waals surface area contributed by atoms with Crippen molar-refractivity contribution in [3.8, 4) is 0 Å². The van der Waals surface area contributed by atoms with Gasteiger partial charge in [-0.1, -0.05) is 6.42 Å². The molecule has 2 nitrogen and oxygen atoms in total. The molecule has 0 spiro atoms. The lowest BCUT2D eigenvalue weighted by Crippen LogP contribution is -3.17. The molecule has 0 aromatic rings. The zero-order valence-corrected chi connectivity index (χ0v) is 7.95. The summed E-state index contributed by atoms with van der Waals surface area (Å²) in [4.78, 5) is 1.60. The highest BCUT2D eigenvalue weighted by Crippen LogP contribution is 2.23. The minimum absolute atomic E-state index is 0.526. The standard InChI is InChI=1S/C9H20N2/c1-11(2)9(8-10)6-4-3-5-7-9/h3-8,10H2,1-2H3/p+2. The Labute approximate surface area is 69.8 Å². The van der Waals surface area contributed by atoms with Gasteiger partial charge in [0.25, 0.3) is 0 Å². The first kappa shape index (κ1) is 9.01. The monoisotopic (exact) mass is 158 g/mol. The average molecular weight is 158 g/mol. The molecular formula is C9H22N2+2. The van der Waals surface area contributed by atoms with Gasteiger partial charge < -0.3 is 10.6 Å². The quantitative estimate of drug-likeness (QED) is 0.521. The normalized spacial score (nSPS) is 24.0. The molecule has 66 valence electrons. The van der Waals surface area contributed by atoms with Crippen LogP contribution in [0.1, 0.15) is 32.1 Å². The summed E-state index contributed by atoms with van der Waals surface area (Å²) in [6, 6.07) is 0. The number of likely N-dealkylation sites (N-methyl/N-ethyl adjacent to an activating group) is 1. The van der Waals surface area contributed by atoms with Gasteiger partial charge in [0, 0.05) is 12.8 Å². The molecule has 4 N–H and O–H groups in total. The number of quaternary nitrogens is 2. The smallest absolute Gasteiger partial charge is 0.146 e. The molecule has 2 heteroatoms. The Kier molecular flexibility index (Phi) is 2.90. The average Bonchev–Trinajstić information content (AvgIpc) is 2.05. The molecule has 0 heterocycles. The van der Waals surface area contributed by atoms with E-state index in [0.29, 0.717) is 5.54 Å². The first-order chi connectivity index (χ1) is 5.21. The van der Waals surface area contributed by atoms with Crippen molar-refractivity contribution in [2.75, 3.05) is 20.6 Å². The molecule has 0 radical (unpaired) electrons. The van der Waals surface area contributed by atoms with Crippen molar-refractivity contribution in [3.63, 3.8) is 0 Å². The molecule has 11 heavy (non-hydrogen) atoms. The third-order valence-electron chi connectivity index (χ3n) is 3.35. The van der Waals surface area contributed by atoms with E-state index >= 15 is 0 Å². The van der Waals surface area contributed by atoms with E-state index in [9.17, 15) is 0 Å². The van der Waals surface area contributed by atoms with Crippen LogP contribution in [0, 0.1) is 0 Å². The Morgan fingerprint density at radius 1 is 1.18 bits per heavy atom. The molecule has 1 rings (SSSR count). The van der Waals surface area contributed by atoms with Gasteiger partial charge in [-0.3, -0.25) is 0 Å². The molecule has 1 aliphatic rings. The van der Waals surface area contributed by atoms with Crippen molar-refractivity contribution in [1.82, 2.24) is 0 Å². The molecule has 0 bridgehead atoms. The van der Waals surface area contributed by atoms with Gasteiger partial charge in [0.2, 0.25) is 0 Å². The Morgan fingerprint density at radius 3 is 2.00 bits per heavy atom. The summed E-state index contributed by atoms with van der Waals surface area (Å²) >= 11 is 0. The topological polar surface area (TPSA) is 32.1 Å². The van der Waals surface area contributed by atoms with E-state index in [1.807, 2.05) is 0 Å². The Bertz CT molecular complexity index is 115. The largest absolute Gasteiger partial charge is 0.352 e. The molecule has 0 aromatic carbocycles. The van der Waals surface area contributed by atoms with Crippen LogP contribution in [0.2, 0.25) is 0 Å². The van der Waals surface area contributed by atoms with E-state index < -0.39 is 0 Å². The molecule has 1 fully saturated rings. The summed E-state index contributed by atoms with van der Waals surface area (Å²) in [5.41, 5.74) is 4.61. The number of nitrogens with one attached hydrogen (secondary N) is 1. The van der Waals surface area contributed by atoms with Crippen LogP contribution in [0.3, 0.4) is 0 Å². The lowest BCUT2D eigenvalue weighted by molar-refractivity contribution is -0.925. The first-order valence-electron chi connectivity index (χ1n) is 4.81. The molecular weight excluding hydrogens is 136 g/mol. The second kappa shape index (κ2) is 3.55. The van der Waals surface area contributed by atoms with Crippen molar-refractivity contribution in [2.24, 2.45) is 0 Å². The minimum Gasteiger partial charge on any atom is -0.352 e. The van der Waals surface area contributed by atoms with Gasteiger partial charge in [-0.05, 0) is 12.8 Å². The Balaban J connectivity index is 2.57. The molecule has 0 amide bonds. The van der Waals surface area contributed by atoms with Crippen LogP contribution in [0.25, 0.3) is 0 Å². The molecule has 1 saturated carbocycles. The lowest BCUT2D eigenvalue weighted by Gasteiger charge is -2.36. The minimum atomic E-state index is 0.526. The van der Waals surface area contributed by atoms with Gasteiger partial charge in [0.15, 0.2) is 0 Å². The summed E-state index contributed by atoms with van der Waals surface area (Å²) < 4.78 is 0. The molecule has 0 saturated heterocycles. The van der Waals surface area contributed by atoms with Gasteiger partial charge in [-0.2, -0.15) is 0 Å². The van der Waals surface area contributed by atoms with E-state index in [1.54, 1.807) is 4.90 Å². The first-order valence-corrected chi connectivity index (χ1v) is 4.81. The van der Waals surface area contributed by atoms with Crippen LogP contribution in [-0.2, 0) is 0 Å². The Morgan fingerprint density at radius 2 is 1.73 bits per heavy atom. The van der Waals surface area contributed by atoms with E-state index in [-0.39, 0.29) is 0 Å². The highest BCUT2D eigenvalue weighted by molar-refractivity contribution is 4.80. The fraction of sp³-hybridized carbons (Fsp3) is 1.00. The third kappa shape index (κ3) is 1.74. The van der Waals surface area contributed by atoms with Gasteiger partial charge in [0.1, 0.15) is 12.1 Å². The van der Waals surface area contributed by atoms with Crippen molar-refractivity contribution in [3.05, 3.63) is 0 Å². The SMILES string of the molecule is C[NH+](C)C1(C[NH3+])CCCCC1. The molecule has 0 aromatic heterocycles. The maximum absolute atomic E-state index is 4.08. The zero-order valence-electron chi connectivity index (χ0n) is 7.95. The van der Waals surface area contributed by atoms with Crippen molar-refractivity contribution in [2.45, 2.75) is 37.6 Å². The third-order valence-corrected chi connectivity index (χ3v) is 3.35. The van der Waals surface area contributed by atoms with Crippen molar-refractivity contribution in [1.29, 1.82) is 0 Å². The highest BCUT2D eigenvalue weighted by atomic mass is 15.2. The number of hydrogen-bond acceptors (Lipinski definition) is 0. The summed E-state index contributed by atoms with van der Waals surface area (Å²) in [6.45, 7) is 1.11. The predicted octanol–water partition coefficient (Wildman–Crippen LogP) is -0.924. The van der Waals surface area contributed by atoms with E-state index in [2.05, 4.69) is 19.8 Å². The van der Waals surface area contributed by atoms with Gasteiger partial charge in [-0.25, -0.2) is 0 Å². The fourth-order valence-electron chi connectivity index (χ4n) is 2.23. The summed E-state index contributed by atoms with van der Waals surface area (Å²) in [6.07, 6.45) is 7.05.